The highest BCUT2D eigenvalue weighted by Gasteiger charge is 2.48. The van der Waals surface area contributed by atoms with E-state index in [4.69, 9.17) is 5.73 Å². The Hall–Kier alpha value is -3.28. The predicted octanol–water partition coefficient (Wildman–Crippen LogP) is -2.24. The number of carbonyl (C=O) groups is 3. The minimum Gasteiger partial charge on any atom is -0.468 e. The third kappa shape index (κ3) is 9.46. The van der Waals surface area contributed by atoms with Gasteiger partial charge in [0.1, 0.15) is 6.04 Å². The largest absolute Gasteiger partial charge is 0.468 e. The Morgan fingerprint density at radius 2 is 1.55 bits per heavy atom. The summed E-state index contributed by atoms with van der Waals surface area (Å²) in [6, 6.07) is -1.06. The molecule has 0 fully saturated rings. The van der Waals surface area contributed by atoms with E-state index in [1.165, 1.54) is 0 Å². The molecule has 0 aliphatic carbocycles. The summed E-state index contributed by atoms with van der Waals surface area (Å²) in [6.07, 6.45) is 0. The smallest absolute Gasteiger partial charge is 0.375 e. The number of rotatable bonds is 15. The molecule has 0 aromatic rings. The second kappa shape index (κ2) is 12.2. The van der Waals surface area contributed by atoms with Gasteiger partial charge in [0.05, 0.1) is 12.9 Å². The van der Waals surface area contributed by atoms with Crippen LogP contribution in [-0.4, -0.2) is 82.8 Å². The number of nitrogens with two attached hydrogens (primary N) is 1. The van der Waals surface area contributed by atoms with E-state index in [0.29, 0.717) is 0 Å². The molecular formula is C11H16N4O13S. The Morgan fingerprint density at radius 3 is 1.97 bits per heavy atom. The third-order valence-electron chi connectivity index (χ3n) is 3.00. The number of ether oxygens (including phenoxy) is 2. The SMILES string of the molecule is COC(=O)[C@@H](N)CSCC(=O)C(=O)OCC(CO[N+](=O)[O-])(CO[N+](=O)[O-])[N+](=O)[O-]. The molecule has 0 rings (SSSR count). The average molecular weight is 444 g/mol. The third-order valence-corrected chi connectivity index (χ3v) is 4.06. The van der Waals surface area contributed by atoms with Crippen LogP contribution in [-0.2, 0) is 33.5 Å². The summed E-state index contributed by atoms with van der Waals surface area (Å²) in [4.78, 5) is 72.7. The van der Waals surface area contributed by atoms with Crippen molar-refractivity contribution in [3.8, 4) is 0 Å². The maximum atomic E-state index is 11.7. The Morgan fingerprint density at radius 1 is 1.03 bits per heavy atom. The van der Waals surface area contributed by atoms with Crippen molar-refractivity contribution in [3.05, 3.63) is 30.3 Å². The lowest BCUT2D eigenvalue weighted by Gasteiger charge is -2.22. The lowest BCUT2D eigenvalue weighted by Crippen LogP contribution is -2.53. The van der Waals surface area contributed by atoms with Crippen LogP contribution in [0.5, 0.6) is 0 Å². The van der Waals surface area contributed by atoms with Gasteiger partial charge in [-0.2, -0.15) is 11.8 Å². The quantitative estimate of drug-likeness (QED) is 0.121. The highest BCUT2D eigenvalue weighted by molar-refractivity contribution is 8.00. The first kappa shape index (κ1) is 25.7. The molecule has 0 amide bonds. The standard InChI is InChI=1S/C11H16N4O13S/c1-25-9(17)7(12)2-29-3-8(16)10(18)26-4-11(13(19)20,5-27-14(21)22)6-28-15(23)24/h7H,2-6,12H2,1H3/t7-/m0/s1. The van der Waals surface area contributed by atoms with E-state index < -0.39 is 70.0 Å². The molecule has 0 aromatic heterocycles. The van der Waals surface area contributed by atoms with E-state index in [2.05, 4.69) is 19.1 Å². The van der Waals surface area contributed by atoms with Crippen LogP contribution in [0.3, 0.4) is 0 Å². The monoisotopic (exact) mass is 444 g/mol. The molecule has 17 nitrogen and oxygen atoms in total. The predicted molar refractivity (Wildman–Crippen MR) is 88.9 cm³/mol. The molecular weight excluding hydrogens is 428 g/mol. The van der Waals surface area contributed by atoms with Gasteiger partial charge in [-0.15, -0.1) is 20.2 Å². The number of methoxy groups -OCH3 is 1. The number of nitrogens with zero attached hydrogens (tertiary/aromatic N) is 3. The zero-order valence-corrected chi connectivity index (χ0v) is 15.6. The molecule has 0 aromatic carbocycles. The number of ketones is 1. The minimum atomic E-state index is -2.73. The van der Waals surface area contributed by atoms with Crippen LogP contribution in [0.15, 0.2) is 0 Å². The lowest BCUT2D eigenvalue weighted by atomic mass is 10.1. The van der Waals surface area contributed by atoms with Crippen molar-refractivity contribution in [2.24, 2.45) is 5.73 Å². The van der Waals surface area contributed by atoms with Gasteiger partial charge in [0.25, 0.3) is 10.2 Å². The summed E-state index contributed by atoms with van der Waals surface area (Å²) in [7, 11) is 1.10. The van der Waals surface area contributed by atoms with Crippen LogP contribution in [0, 0.1) is 30.3 Å². The number of thioether (sulfide) groups is 1. The minimum absolute atomic E-state index is 0.0854. The second-order valence-electron chi connectivity index (χ2n) is 5.12. The number of Topliss-reactive ketones (excluding diaryl/α,β-unsaturated/α-hetero) is 1. The van der Waals surface area contributed by atoms with Gasteiger partial charge in [0.2, 0.25) is 5.78 Å². The van der Waals surface area contributed by atoms with E-state index in [0.717, 1.165) is 18.9 Å². The lowest BCUT2D eigenvalue weighted by molar-refractivity contribution is -0.788. The molecule has 0 bridgehead atoms. The maximum Gasteiger partial charge on any atom is 0.375 e. The Kier molecular flexibility index (Phi) is 10.8. The van der Waals surface area contributed by atoms with Gasteiger partial charge in [-0.3, -0.25) is 19.7 Å². The van der Waals surface area contributed by atoms with E-state index in [9.17, 15) is 44.7 Å². The highest BCUT2D eigenvalue weighted by Crippen LogP contribution is 2.14. The number of nitro groups is 1. The van der Waals surface area contributed by atoms with E-state index in [1.807, 2.05) is 0 Å². The van der Waals surface area contributed by atoms with Crippen LogP contribution < -0.4 is 5.73 Å². The molecule has 0 spiro atoms. The average Bonchev–Trinajstić information content (AvgIpc) is 2.65. The summed E-state index contributed by atoms with van der Waals surface area (Å²) < 4.78 is 8.81. The van der Waals surface area contributed by atoms with Crippen molar-refractivity contribution in [1.29, 1.82) is 0 Å². The fraction of sp³-hybridized carbons (Fsp3) is 0.727. The topological polar surface area (TPSA) is 244 Å². The van der Waals surface area contributed by atoms with Gasteiger partial charge >= 0.3 is 17.5 Å². The van der Waals surface area contributed by atoms with Gasteiger partial charge in [-0.25, -0.2) is 4.79 Å². The number of hydrogen-bond donors (Lipinski definition) is 1. The van der Waals surface area contributed by atoms with Crippen molar-refractivity contribution in [2.75, 3.05) is 38.4 Å². The highest BCUT2D eigenvalue weighted by atomic mass is 32.2. The molecule has 0 radical (unpaired) electrons. The van der Waals surface area contributed by atoms with Gasteiger partial charge < -0.3 is 24.9 Å². The summed E-state index contributed by atoms with van der Waals surface area (Å²) >= 11 is 0.771. The summed E-state index contributed by atoms with van der Waals surface area (Å²) in [5, 5.41) is 29.0. The zero-order valence-electron chi connectivity index (χ0n) is 14.7. The van der Waals surface area contributed by atoms with Crippen molar-refractivity contribution >= 4 is 29.5 Å². The molecule has 1 atom stereocenters. The van der Waals surface area contributed by atoms with Crippen molar-refractivity contribution in [3.63, 3.8) is 0 Å². The molecule has 164 valence electrons. The van der Waals surface area contributed by atoms with Crippen LogP contribution >= 0.6 is 11.8 Å². The number of hydrogen-bond acceptors (Lipinski definition) is 15. The van der Waals surface area contributed by atoms with Crippen molar-refractivity contribution in [2.45, 2.75) is 11.6 Å². The Balaban J connectivity index is 4.89. The van der Waals surface area contributed by atoms with E-state index >= 15 is 0 Å². The normalized spacial score (nSPS) is 11.7. The molecule has 0 saturated carbocycles. The van der Waals surface area contributed by atoms with Crippen LogP contribution in [0.1, 0.15) is 0 Å². The molecule has 0 unspecified atom stereocenters. The number of esters is 2. The Bertz CT molecular complexity index is 639. The van der Waals surface area contributed by atoms with Crippen LogP contribution in [0.25, 0.3) is 0 Å². The van der Waals surface area contributed by atoms with Crippen molar-refractivity contribution in [1.82, 2.24) is 0 Å². The maximum absolute atomic E-state index is 11.7. The summed E-state index contributed by atoms with van der Waals surface area (Å²) in [6.45, 7) is -4.01. The molecule has 2 N–H and O–H groups in total. The van der Waals surface area contributed by atoms with Gasteiger partial charge in [-0.05, 0) is 0 Å². The Labute approximate surface area is 165 Å². The van der Waals surface area contributed by atoms with Crippen LogP contribution in [0.4, 0.5) is 0 Å². The molecule has 18 heteroatoms. The van der Waals surface area contributed by atoms with Gasteiger partial charge in [0, 0.05) is 10.7 Å². The van der Waals surface area contributed by atoms with Gasteiger partial charge in [-0.1, -0.05) is 0 Å². The molecule has 0 aliphatic rings. The van der Waals surface area contributed by atoms with Crippen LogP contribution in [0.2, 0.25) is 0 Å². The molecule has 29 heavy (non-hydrogen) atoms. The summed E-state index contributed by atoms with van der Waals surface area (Å²) in [5.74, 6) is -4.07. The van der Waals surface area contributed by atoms with Gasteiger partial charge in [0.15, 0.2) is 19.8 Å². The fourth-order valence-electron chi connectivity index (χ4n) is 1.47. The zero-order chi connectivity index (χ0) is 22.6. The molecule has 0 heterocycles. The number of carbonyl (C=O) groups excluding carboxylic acids is 3. The first-order valence-electron chi connectivity index (χ1n) is 7.25. The second-order valence-corrected chi connectivity index (χ2v) is 6.15. The molecule has 0 saturated heterocycles. The summed E-state index contributed by atoms with van der Waals surface area (Å²) in [5.41, 5.74) is 2.69. The van der Waals surface area contributed by atoms with E-state index in [-0.39, 0.29) is 5.75 Å². The molecule has 0 aliphatic heterocycles. The fourth-order valence-corrected chi connectivity index (χ4v) is 2.28. The van der Waals surface area contributed by atoms with E-state index in [1.54, 1.807) is 0 Å². The first-order valence-corrected chi connectivity index (χ1v) is 8.41. The first-order chi connectivity index (χ1) is 13.4. The van der Waals surface area contributed by atoms with Crippen molar-refractivity contribution < 1.29 is 48.6 Å².